The van der Waals surface area contributed by atoms with E-state index in [0.717, 1.165) is 17.7 Å². The summed E-state index contributed by atoms with van der Waals surface area (Å²) in [6.45, 7) is 3.54. The lowest BCUT2D eigenvalue weighted by Gasteiger charge is -2.16. The second-order valence-corrected chi connectivity index (χ2v) is 4.82. The van der Waals surface area contributed by atoms with E-state index in [-0.39, 0.29) is 5.69 Å². The van der Waals surface area contributed by atoms with Crippen molar-refractivity contribution in [2.24, 2.45) is 0 Å². The molecule has 0 heterocycles. The van der Waals surface area contributed by atoms with Crippen LogP contribution in [0.1, 0.15) is 24.1 Å². The van der Waals surface area contributed by atoms with Gasteiger partial charge in [0.1, 0.15) is 5.69 Å². The van der Waals surface area contributed by atoms with Gasteiger partial charge in [-0.05, 0) is 43.2 Å². The molecule has 0 aliphatic rings. The maximum atomic E-state index is 13.2. The Labute approximate surface area is 120 Å². The summed E-state index contributed by atoms with van der Waals surface area (Å²) in [6.07, 6.45) is 0. The molecule has 2 aromatic carbocycles. The van der Waals surface area contributed by atoms with Crippen LogP contribution >= 0.6 is 0 Å². The summed E-state index contributed by atoms with van der Waals surface area (Å²) in [5, 5.41) is 14.0. The van der Waals surface area contributed by atoms with Crippen LogP contribution in [0.5, 0.6) is 0 Å². The van der Waals surface area contributed by atoms with Gasteiger partial charge in [-0.25, -0.2) is 8.78 Å². The first-order valence-electron chi connectivity index (χ1n) is 6.35. The number of nitro groups is 1. The highest BCUT2D eigenvalue weighted by molar-refractivity contribution is 5.63. The molecular formula is C15H14F2N2O2. The van der Waals surface area contributed by atoms with E-state index in [2.05, 4.69) is 5.32 Å². The standard InChI is InChI=1S/C15H14F2N2O2/c1-9-3-6-15(19(20)21)14(7-9)18-10(2)11-4-5-12(16)13(17)8-11/h3-8,10,18H,1-2H3. The maximum Gasteiger partial charge on any atom is 0.292 e. The molecule has 4 nitrogen and oxygen atoms in total. The van der Waals surface area contributed by atoms with E-state index in [0.29, 0.717) is 11.3 Å². The molecule has 0 aliphatic carbocycles. The van der Waals surface area contributed by atoms with Gasteiger partial charge in [0.25, 0.3) is 5.69 Å². The maximum absolute atomic E-state index is 13.2. The van der Waals surface area contributed by atoms with Crippen LogP contribution in [0.4, 0.5) is 20.2 Å². The number of rotatable bonds is 4. The third kappa shape index (κ3) is 3.34. The number of benzene rings is 2. The van der Waals surface area contributed by atoms with E-state index in [1.807, 2.05) is 6.92 Å². The third-order valence-electron chi connectivity index (χ3n) is 3.16. The highest BCUT2D eigenvalue weighted by Crippen LogP contribution is 2.29. The number of halogens is 2. The van der Waals surface area contributed by atoms with E-state index in [4.69, 9.17) is 0 Å². The highest BCUT2D eigenvalue weighted by Gasteiger charge is 2.16. The molecule has 0 saturated heterocycles. The van der Waals surface area contributed by atoms with Gasteiger partial charge in [-0.15, -0.1) is 0 Å². The van der Waals surface area contributed by atoms with E-state index in [1.54, 1.807) is 19.1 Å². The van der Waals surface area contributed by atoms with Crippen molar-refractivity contribution < 1.29 is 13.7 Å². The third-order valence-corrected chi connectivity index (χ3v) is 3.16. The van der Waals surface area contributed by atoms with Crippen molar-refractivity contribution in [3.05, 3.63) is 69.3 Å². The number of nitrogens with one attached hydrogen (secondary N) is 1. The molecule has 0 saturated carbocycles. The molecule has 0 fully saturated rings. The number of hydrogen-bond acceptors (Lipinski definition) is 3. The summed E-state index contributed by atoms with van der Waals surface area (Å²) in [5.74, 6) is -1.87. The normalized spacial score (nSPS) is 12.0. The molecule has 1 atom stereocenters. The monoisotopic (exact) mass is 292 g/mol. The van der Waals surface area contributed by atoms with Crippen molar-refractivity contribution in [2.75, 3.05) is 5.32 Å². The minimum atomic E-state index is -0.945. The van der Waals surface area contributed by atoms with Crippen LogP contribution in [0.2, 0.25) is 0 Å². The number of nitro benzene ring substituents is 1. The number of anilines is 1. The van der Waals surface area contributed by atoms with Crippen LogP contribution in [-0.4, -0.2) is 4.92 Å². The van der Waals surface area contributed by atoms with Crippen molar-refractivity contribution in [3.8, 4) is 0 Å². The smallest absolute Gasteiger partial charge is 0.292 e. The molecule has 1 unspecified atom stereocenters. The summed E-state index contributed by atoms with van der Waals surface area (Å²) < 4.78 is 26.2. The Balaban J connectivity index is 2.30. The molecule has 2 aromatic rings. The van der Waals surface area contributed by atoms with Gasteiger partial charge in [0.05, 0.1) is 4.92 Å². The zero-order valence-corrected chi connectivity index (χ0v) is 11.6. The van der Waals surface area contributed by atoms with Gasteiger partial charge >= 0.3 is 0 Å². The topological polar surface area (TPSA) is 55.2 Å². The van der Waals surface area contributed by atoms with Gasteiger partial charge in [-0.1, -0.05) is 12.1 Å². The summed E-state index contributed by atoms with van der Waals surface area (Å²) in [7, 11) is 0. The predicted molar refractivity (Wildman–Crippen MR) is 76.2 cm³/mol. The van der Waals surface area contributed by atoms with Gasteiger partial charge in [-0.3, -0.25) is 10.1 Å². The second kappa shape index (κ2) is 5.87. The average Bonchev–Trinajstić information content (AvgIpc) is 2.41. The summed E-state index contributed by atoms with van der Waals surface area (Å²) >= 11 is 0. The van der Waals surface area contributed by atoms with Crippen LogP contribution < -0.4 is 5.32 Å². The predicted octanol–water partition coefficient (Wildman–Crippen LogP) is 4.35. The van der Waals surface area contributed by atoms with Crippen LogP contribution in [-0.2, 0) is 0 Å². The molecule has 0 aliphatic heterocycles. The number of aryl methyl sites for hydroxylation is 1. The SMILES string of the molecule is Cc1ccc([N+](=O)[O-])c(NC(C)c2ccc(F)c(F)c2)c1. The van der Waals surface area contributed by atoms with Gasteiger partial charge in [0.2, 0.25) is 0 Å². The van der Waals surface area contributed by atoms with Crippen LogP contribution in [0, 0.1) is 28.7 Å². The van der Waals surface area contributed by atoms with E-state index >= 15 is 0 Å². The minimum absolute atomic E-state index is 0.0602. The van der Waals surface area contributed by atoms with E-state index < -0.39 is 22.6 Å². The molecule has 0 amide bonds. The largest absolute Gasteiger partial charge is 0.373 e. The first-order chi connectivity index (χ1) is 9.88. The first-order valence-corrected chi connectivity index (χ1v) is 6.35. The van der Waals surface area contributed by atoms with Crippen molar-refractivity contribution >= 4 is 11.4 Å². The van der Waals surface area contributed by atoms with Crippen molar-refractivity contribution in [3.63, 3.8) is 0 Å². The molecule has 0 spiro atoms. The molecule has 1 N–H and O–H groups in total. The number of nitrogens with zero attached hydrogens (tertiary/aromatic N) is 1. The van der Waals surface area contributed by atoms with E-state index in [9.17, 15) is 18.9 Å². The molecule has 110 valence electrons. The second-order valence-electron chi connectivity index (χ2n) is 4.82. The van der Waals surface area contributed by atoms with Gasteiger partial charge in [-0.2, -0.15) is 0 Å². The number of hydrogen-bond donors (Lipinski definition) is 1. The Morgan fingerprint density at radius 2 is 1.86 bits per heavy atom. The molecule has 21 heavy (non-hydrogen) atoms. The Morgan fingerprint density at radius 1 is 1.14 bits per heavy atom. The molecule has 0 aromatic heterocycles. The van der Waals surface area contributed by atoms with Crippen LogP contribution in [0.3, 0.4) is 0 Å². The Hall–Kier alpha value is -2.50. The molecule has 0 radical (unpaired) electrons. The minimum Gasteiger partial charge on any atom is -0.373 e. The molecule has 2 rings (SSSR count). The van der Waals surface area contributed by atoms with Crippen molar-refractivity contribution in [1.82, 2.24) is 0 Å². The van der Waals surface area contributed by atoms with Crippen molar-refractivity contribution in [1.29, 1.82) is 0 Å². The Bertz CT molecular complexity index is 689. The summed E-state index contributed by atoms with van der Waals surface area (Å²) in [4.78, 5) is 10.5. The fourth-order valence-corrected chi connectivity index (χ4v) is 2.02. The Morgan fingerprint density at radius 3 is 2.48 bits per heavy atom. The zero-order chi connectivity index (χ0) is 15.6. The lowest BCUT2D eigenvalue weighted by molar-refractivity contribution is -0.384. The van der Waals surface area contributed by atoms with Gasteiger partial charge < -0.3 is 5.32 Å². The first kappa shape index (κ1) is 14.9. The average molecular weight is 292 g/mol. The Kier molecular flexibility index (Phi) is 4.16. The quantitative estimate of drug-likeness (QED) is 0.673. The lowest BCUT2D eigenvalue weighted by Crippen LogP contribution is -2.09. The molecule has 0 bridgehead atoms. The summed E-state index contributed by atoms with van der Waals surface area (Å²) in [6, 6.07) is 7.86. The highest BCUT2D eigenvalue weighted by atomic mass is 19.2. The van der Waals surface area contributed by atoms with Crippen molar-refractivity contribution in [2.45, 2.75) is 19.9 Å². The van der Waals surface area contributed by atoms with Crippen LogP contribution in [0.25, 0.3) is 0 Å². The summed E-state index contributed by atoms with van der Waals surface area (Å²) in [5.41, 5.74) is 1.65. The lowest BCUT2D eigenvalue weighted by atomic mass is 10.1. The molecule has 6 heteroatoms. The zero-order valence-electron chi connectivity index (χ0n) is 11.6. The fourth-order valence-electron chi connectivity index (χ4n) is 2.02. The van der Waals surface area contributed by atoms with Crippen LogP contribution in [0.15, 0.2) is 36.4 Å². The fraction of sp³-hybridized carbons (Fsp3) is 0.200. The molecular weight excluding hydrogens is 278 g/mol. The van der Waals surface area contributed by atoms with Gasteiger partial charge in [0.15, 0.2) is 11.6 Å². The van der Waals surface area contributed by atoms with E-state index in [1.165, 1.54) is 12.1 Å². The van der Waals surface area contributed by atoms with Gasteiger partial charge in [0, 0.05) is 12.1 Å².